The maximum atomic E-state index is 12.9. The molecule has 0 spiro atoms. The number of halogens is 2. The number of aliphatic hydroxyl groups excluding tert-OH is 1. The molecule has 2 rings (SSSR count). The van der Waals surface area contributed by atoms with Crippen LogP contribution in [0.3, 0.4) is 0 Å². The molecule has 0 saturated heterocycles. The fourth-order valence-corrected chi connectivity index (χ4v) is 1.98. The maximum Gasteiger partial charge on any atom is 0.130 e. The van der Waals surface area contributed by atoms with Gasteiger partial charge in [0.05, 0.1) is 12.7 Å². The lowest BCUT2D eigenvalue weighted by molar-refractivity contribution is 0.250. The zero-order valence-electron chi connectivity index (χ0n) is 9.98. The summed E-state index contributed by atoms with van der Waals surface area (Å²) >= 11 is 0. The predicted molar refractivity (Wildman–Crippen MR) is 66.3 cm³/mol. The summed E-state index contributed by atoms with van der Waals surface area (Å²) in [6, 6.07) is 12.7. The van der Waals surface area contributed by atoms with Crippen molar-refractivity contribution in [3.63, 3.8) is 0 Å². The van der Waals surface area contributed by atoms with Crippen LogP contribution in [0.4, 0.5) is 8.78 Å². The molecule has 2 aromatic rings. The number of benzene rings is 2. The minimum atomic E-state index is -1.32. The molecule has 0 radical (unpaired) electrons. The van der Waals surface area contributed by atoms with Gasteiger partial charge in [-0.1, -0.05) is 24.3 Å². The molecule has 0 bridgehead atoms. The smallest absolute Gasteiger partial charge is 0.130 e. The van der Waals surface area contributed by atoms with Gasteiger partial charge in [0.1, 0.15) is 17.0 Å². The quantitative estimate of drug-likeness (QED) is 0.921. The second kappa shape index (κ2) is 5.17. The second-order valence-corrected chi connectivity index (χ2v) is 4.19. The van der Waals surface area contributed by atoms with Gasteiger partial charge in [0.15, 0.2) is 0 Å². The minimum Gasteiger partial charge on any atom is -0.394 e. The van der Waals surface area contributed by atoms with Crippen LogP contribution in [0.25, 0.3) is 0 Å². The van der Waals surface area contributed by atoms with Gasteiger partial charge in [-0.05, 0) is 35.4 Å². The molecule has 0 amide bonds. The zero-order valence-corrected chi connectivity index (χ0v) is 9.98. The Morgan fingerprint density at radius 3 is 1.53 bits per heavy atom. The summed E-state index contributed by atoms with van der Waals surface area (Å²) in [5.41, 5.74) is -0.391. The largest absolute Gasteiger partial charge is 0.394 e. The first-order valence-electron chi connectivity index (χ1n) is 5.66. The van der Waals surface area contributed by atoms with E-state index in [4.69, 9.17) is 0 Å². The van der Waals surface area contributed by atoms with Gasteiger partial charge in [0.2, 0.25) is 0 Å². The van der Waals surface area contributed by atoms with E-state index in [-0.39, 0.29) is 0 Å². The highest BCUT2D eigenvalue weighted by molar-refractivity contribution is 5.46. The Labute approximate surface area is 109 Å². The van der Waals surface area contributed by atoms with E-state index in [2.05, 4.69) is 0 Å². The summed E-state index contributed by atoms with van der Waals surface area (Å²) in [7, 11) is 0. The topological polar surface area (TPSA) is 44.0 Å². The molecule has 19 heavy (non-hydrogen) atoms. The van der Waals surface area contributed by atoms with Gasteiger partial charge in [-0.15, -0.1) is 0 Å². The van der Waals surface area contributed by atoms with Crippen LogP contribution < -0.4 is 0 Å². The molecule has 2 nitrogen and oxygen atoms in total. The molecule has 0 atom stereocenters. The van der Waals surface area contributed by atoms with Crippen molar-refractivity contribution in [1.82, 2.24) is 0 Å². The van der Waals surface area contributed by atoms with Gasteiger partial charge in [-0.3, -0.25) is 0 Å². The van der Waals surface area contributed by atoms with Gasteiger partial charge in [-0.25, -0.2) is 8.78 Å². The Morgan fingerprint density at radius 1 is 0.895 bits per heavy atom. The fourth-order valence-electron chi connectivity index (χ4n) is 1.98. The summed E-state index contributed by atoms with van der Waals surface area (Å²) in [4.78, 5) is 0. The van der Waals surface area contributed by atoms with Gasteiger partial charge >= 0.3 is 0 Å². The molecular weight excluding hydrogens is 248 g/mol. The number of nitrogens with zero attached hydrogens (tertiary/aromatic N) is 1. The van der Waals surface area contributed by atoms with Crippen molar-refractivity contribution in [1.29, 1.82) is 5.26 Å². The lowest BCUT2D eigenvalue weighted by Gasteiger charge is -2.25. The van der Waals surface area contributed by atoms with Gasteiger partial charge in [0, 0.05) is 0 Å². The van der Waals surface area contributed by atoms with Crippen LogP contribution in [0.1, 0.15) is 11.1 Å². The Bertz CT molecular complexity index is 554. The third kappa shape index (κ3) is 2.33. The Morgan fingerprint density at radius 2 is 1.26 bits per heavy atom. The molecule has 96 valence electrons. The van der Waals surface area contributed by atoms with Gasteiger partial charge in [-0.2, -0.15) is 5.26 Å². The van der Waals surface area contributed by atoms with Crippen LogP contribution in [0.5, 0.6) is 0 Å². The monoisotopic (exact) mass is 259 g/mol. The first-order valence-corrected chi connectivity index (χ1v) is 5.66. The number of aliphatic hydroxyl groups is 1. The SMILES string of the molecule is N#CC(CO)(c1ccc(F)cc1)c1ccc(F)cc1. The number of rotatable bonds is 3. The molecule has 0 aliphatic carbocycles. The van der Waals surface area contributed by atoms with E-state index in [0.717, 1.165) is 0 Å². The van der Waals surface area contributed by atoms with Crippen molar-refractivity contribution >= 4 is 0 Å². The van der Waals surface area contributed by atoms with E-state index in [9.17, 15) is 19.1 Å². The van der Waals surface area contributed by atoms with Gasteiger partial charge in [0.25, 0.3) is 0 Å². The summed E-state index contributed by atoms with van der Waals surface area (Å²) in [5.74, 6) is -0.847. The van der Waals surface area contributed by atoms with E-state index < -0.39 is 23.7 Å². The normalized spacial score (nSPS) is 11.1. The number of hydrogen-bond donors (Lipinski definition) is 1. The lowest BCUT2D eigenvalue weighted by atomic mass is 9.76. The Balaban J connectivity index is 2.58. The second-order valence-electron chi connectivity index (χ2n) is 4.19. The van der Waals surface area contributed by atoms with Crippen molar-refractivity contribution in [3.8, 4) is 6.07 Å². The fraction of sp³-hybridized carbons (Fsp3) is 0.133. The molecule has 1 N–H and O–H groups in total. The highest BCUT2D eigenvalue weighted by Crippen LogP contribution is 2.31. The predicted octanol–water partition coefficient (Wildman–Crippen LogP) is 2.77. The lowest BCUT2D eigenvalue weighted by Crippen LogP contribution is -2.30. The molecule has 4 heteroatoms. The van der Waals surface area contributed by atoms with Gasteiger partial charge < -0.3 is 5.11 Å². The number of hydrogen-bond acceptors (Lipinski definition) is 2. The standard InChI is InChI=1S/C15H11F2NO/c16-13-5-1-11(2-6-13)15(9-18,10-19)12-3-7-14(17)8-4-12/h1-8,19H,10H2. The molecule has 0 saturated carbocycles. The van der Waals surface area contributed by atoms with Crippen LogP contribution in [0.15, 0.2) is 48.5 Å². The van der Waals surface area contributed by atoms with Crippen LogP contribution in [-0.2, 0) is 5.41 Å². The van der Waals surface area contributed by atoms with E-state index >= 15 is 0 Å². The Hall–Kier alpha value is -2.25. The van der Waals surface area contributed by atoms with E-state index in [1.54, 1.807) is 0 Å². The van der Waals surface area contributed by atoms with Crippen molar-refractivity contribution < 1.29 is 13.9 Å². The molecule has 0 heterocycles. The molecule has 0 fully saturated rings. The summed E-state index contributed by atoms with van der Waals surface area (Å²) in [6.07, 6.45) is 0. The zero-order chi connectivity index (χ0) is 13.9. The van der Waals surface area contributed by atoms with Crippen molar-refractivity contribution in [3.05, 3.63) is 71.3 Å². The molecule has 0 unspecified atom stereocenters. The first kappa shape index (κ1) is 13.2. The summed E-state index contributed by atoms with van der Waals surface area (Å²) in [5, 5.41) is 19.0. The van der Waals surface area contributed by atoms with E-state index in [1.165, 1.54) is 48.5 Å². The minimum absolute atomic E-state index is 0.423. The van der Waals surface area contributed by atoms with Crippen molar-refractivity contribution in [2.75, 3.05) is 6.61 Å². The van der Waals surface area contributed by atoms with Crippen LogP contribution in [-0.4, -0.2) is 11.7 Å². The highest BCUT2D eigenvalue weighted by Gasteiger charge is 2.34. The molecule has 0 aliphatic heterocycles. The third-order valence-corrected chi connectivity index (χ3v) is 3.10. The average molecular weight is 259 g/mol. The van der Waals surface area contributed by atoms with Crippen LogP contribution >= 0.6 is 0 Å². The Kier molecular flexibility index (Phi) is 3.59. The molecule has 0 aromatic heterocycles. The van der Waals surface area contributed by atoms with E-state index in [1.807, 2.05) is 6.07 Å². The highest BCUT2D eigenvalue weighted by atomic mass is 19.1. The average Bonchev–Trinajstić information content (AvgIpc) is 2.44. The maximum absolute atomic E-state index is 12.9. The van der Waals surface area contributed by atoms with Crippen LogP contribution in [0, 0.1) is 23.0 Å². The third-order valence-electron chi connectivity index (χ3n) is 3.10. The van der Waals surface area contributed by atoms with Crippen LogP contribution in [0.2, 0.25) is 0 Å². The molecular formula is C15H11F2NO. The molecule has 2 aromatic carbocycles. The van der Waals surface area contributed by atoms with Crippen molar-refractivity contribution in [2.24, 2.45) is 0 Å². The first-order chi connectivity index (χ1) is 9.12. The van der Waals surface area contributed by atoms with Crippen molar-refractivity contribution in [2.45, 2.75) is 5.41 Å². The summed E-state index contributed by atoms with van der Waals surface area (Å²) in [6.45, 7) is -0.471. The van der Waals surface area contributed by atoms with E-state index in [0.29, 0.717) is 11.1 Å². The summed E-state index contributed by atoms with van der Waals surface area (Å²) < 4.78 is 25.9. The number of nitriles is 1. The molecule has 0 aliphatic rings.